The fraction of sp³-hybridized carbons (Fsp3) is 0.316. The van der Waals surface area contributed by atoms with E-state index in [2.05, 4.69) is 0 Å². The topological polar surface area (TPSA) is 74.6 Å². The number of methoxy groups -OCH3 is 1. The Hall–Kier alpha value is -2.54. The molecule has 0 saturated carbocycles. The van der Waals surface area contributed by atoms with E-state index >= 15 is 0 Å². The summed E-state index contributed by atoms with van der Waals surface area (Å²) in [6.45, 7) is 3.81. The molecule has 1 aliphatic heterocycles. The summed E-state index contributed by atoms with van der Waals surface area (Å²) in [7, 11) is 1.28. The summed E-state index contributed by atoms with van der Waals surface area (Å²) in [5.41, 5.74) is 0.782. The maximum absolute atomic E-state index is 12.6. The van der Waals surface area contributed by atoms with Crippen molar-refractivity contribution in [2.75, 3.05) is 7.11 Å². The Morgan fingerprint density at radius 3 is 2.50 bits per heavy atom. The molecule has 0 spiro atoms. The highest BCUT2D eigenvalue weighted by molar-refractivity contribution is 8.01. The number of hydrogen-bond donors (Lipinski definition) is 0. The van der Waals surface area contributed by atoms with Crippen LogP contribution in [0.5, 0.6) is 0 Å². The van der Waals surface area contributed by atoms with Gasteiger partial charge in [-0.25, -0.2) is 9.59 Å². The number of benzene rings is 1. The number of ether oxygens (including phenoxy) is 2. The van der Waals surface area contributed by atoms with Crippen molar-refractivity contribution in [1.29, 1.82) is 0 Å². The molecule has 1 aromatic carbocycles. The van der Waals surface area contributed by atoms with E-state index in [9.17, 15) is 14.4 Å². The molecule has 26 heavy (non-hydrogen) atoms. The molecule has 6 nitrogen and oxygen atoms in total. The molecule has 136 valence electrons. The van der Waals surface area contributed by atoms with Crippen molar-refractivity contribution in [1.82, 2.24) is 4.57 Å². The highest BCUT2D eigenvalue weighted by Gasteiger charge is 2.47. The zero-order chi connectivity index (χ0) is 18.9. The number of hydrogen-bond acceptors (Lipinski definition) is 6. The van der Waals surface area contributed by atoms with Gasteiger partial charge in [-0.3, -0.25) is 9.36 Å². The Balaban J connectivity index is 1.94. The highest BCUT2D eigenvalue weighted by Crippen LogP contribution is 2.49. The molecular weight excluding hydrogens is 354 g/mol. The molecule has 0 aliphatic carbocycles. The van der Waals surface area contributed by atoms with E-state index in [1.165, 1.54) is 35.6 Å². The first-order valence-electron chi connectivity index (χ1n) is 8.08. The van der Waals surface area contributed by atoms with E-state index in [0.29, 0.717) is 5.03 Å². The van der Waals surface area contributed by atoms with Gasteiger partial charge in [0.2, 0.25) is 0 Å². The van der Waals surface area contributed by atoms with Crippen LogP contribution in [-0.4, -0.2) is 28.4 Å². The molecule has 0 N–H and O–H groups in total. The summed E-state index contributed by atoms with van der Waals surface area (Å²) < 4.78 is 10.9. The molecule has 1 aromatic heterocycles. The normalized spacial score (nSPS) is 17.4. The predicted molar refractivity (Wildman–Crippen MR) is 97.3 cm³/mol. The maximum Gasteiger partial charge on any atom is 0.341 e. The summed E-state index contributed by atoms with van der Waals surface area (Å²) in [6.07, 6.45) is 0. The number of thioether (sulfide) groups is 1. The number of carbonyl (C=O) groups is 2. The smallest absolute Gasteiger partial charge is 0.341 e. The zero-order valence-corrected chi connectivity index (χ0v) is 15.5. The van der Waals surface area contributed by atoms with E-state index in [1.807, 2.05) is 44.2 Å². The second-order valence-electron chi connectivity index (χ2n) is 6.45. The van der Waals surface area contributed by atoms with Crippen LogP contribution in [0, 0.1) is 0 Å². The molecule has 0 bridgehead atoms. The first-order chi connectivity index (χ1) is 12.3. The van der Waals surface area contributed by atoms with Gasteiger partial charge in [-0.05, 0) is 25.5 Å². The minimum Gasteiger partial charge on any atom is -0.467 e. The molecule has 1 unspecified atom stereocenters. The molecular formula is C19H19NO5S. The van der Waals surface area contributed by atoms with Crippen LogP contribution in [0.1, 0.15) is 35.8 Å². The first kappa shape index (κ1) is 18.3. The molecule has 1 atom stereocenters. The number of rotatable bonds is 4. The molecule has 3 rings (SSSR count). The Morgan fingerprint density at radius 2 is 1.85 bits per heavy atom. The zero-order valence-electron chi connectivity index (χ0n) is 14.7. The van der Waals surface area contributed by atoms with Gasteiger partial charge in [0.1, 0.15) is 12.6 Å². The highest BCUT2D eigenvalue weighted by atomic mass is 32.2. The van der Waals surface area contributed by atoms with Crippen molar-refractivity contribution in [3.8, 4) is 0 Å². The van der Waals surface area contributed by atoms with Crippen molar-refractivity contribution in [2.45, 2.75) is 36.3 Å². The number of aromatic nitrogens is 1. The number of esters is 2. The second-order valence-corrected chi connectivity index (χ2v) is 8.10. The Kier molecular flexibility index (Phi) is 4.91. The van der Waals surface area contributed by atoms with Gasteiger partial charge in [-0.1, -0.05) is 42.1 Å². The lowest BCUT2D eigenvalue weighted by molar-refractivity contribution is -0.145. The van der Waals surface area contributed by atoms with Gasteiger partial charge in [-0.15, -0.1) is 0 Å². The van der Waals surface area contributed by atoms with Crippen LogP contribution in [0.3, 0.4) is 0 Å². The Morgan fingerprint density at radius 1 is 1.15 bits per heavy atom. The quantitative estimate of drug-likeness (QED) is 0.767. The lowest BCUT2D eigenvalue weighted by Crippen LogP contribution is -2.37. The predicted octanol–water partition coefficient (Wildman–Crippen LogP) is 2.80. The van der Waals surface area contributed by atoms with Crippen LogP contribution < -0.4 is 5.56 Å². The van der Waals surface area contributed by atoms with Crippen molar-refractivity contribution >= 4 is 23.7 Å². The Labute approximate surface area is 155 Å². The molecule has 0 amide bonds. The van der Waals surface area contributed by atoms with Gasteiger partial charge in [-0.2, -0.15) is 0 Å². The minimum atomic E-state index is -0.804. The average molecular weight is 373 g/mol. The molecule has 7 heteroatoms. The fourth-order valence-electron chi connectivity index (χ4n) is 2.96. The lowest BCUT2D eigenvalue weighted by atomic mass is 10.0. The van der Waals surface area contributed by atoms with E-state index in [0.717, 1.165) is 5.56 Å². The van der Waals surface area contributed by atoms with E-state index in [4.69, 9.17) is 9.47 Å². The third kappa shape index (κ3) is 3.26. The molecule has 0 fully saturated rings. The largest absolute Gasteiger partial charge is 0.467 e. The van der Waals surface area contributed by atoms with Gasteiger partial charge < -0.3 is 9.47 Å². The standard InChI is InChI=1S/C19H19NO5S/c1-19(2)15(18(23)24-3)20-14(21)10-9-13(16(20)26-19)17(22)25-11-12-7-5-4-6-8-12/h4-10,15H,11H2,1-3H3. The molecule has 1 aliphatic rings. The molecule has 0 saturated heterocycles. The summed E-state index contributed by atoms with van der Waals surface area (Å²) in [6, 6.07) is 11.3. The van der Waals surface area contributed by atoms with E-state index in [-0.39, 0.29) is 17.7 Å². The van der Waals surface area contributed by atoms with Gasteiger partial charge in [0.15, 0.2) is 0 Å². The summed E-state index contributed by atoms with van der Waals surface area (Å²) in [5, 5.41) is 0.427. The molecule has 2 heterocycles. The van der Waals surface area contributed by atoms with Crippen molar-refractivity contribution in [2.24, 2.45) is 0 Å². The minimum absolute atomic E-state index is 0.132. The molecule has 0 radical (unpaired) electrons. The van der Waals surface area contributed by atoms with Crippen molar-refractivity contribution < 1.29 is 19.1 Å². The third-order valence-corrected chi connectivity index (χ3v) is 5.57. The number of nitrogens with zero attached hydrogens (tertiary/aromatic N) is 1. The third-order valence-electron chi connectivity index (χ3n) is 4.21. The van der Waals surface area contributed by atoms with E-state index in [1.54, 1.807) is 0 Å². The SMILES string of the molecule is COC(=O)C1n2c(c(C(=O)OCc3ccccc3)ccc2=O)SC1(C)C. The lowest BCUT2D eigenvalue weighted by Gasteiger charge is -2.23. The van der Waals surface area contributed by atoms with Gasteiger partial charge in [0.25, 0.3) is 5.56 Å². The summed E-state index contributed by atoms with van der Waals surface area (Å²) in [5.74, 6) is -1.05. The van der Waals surface area contributed by atoms with Gasteiger partial charge in [0.05, 0.1) is 17.7 Å². The van der Waals surface area contributed by atoms with E-state index < -0.39 is 22.7 Å². The second kappa shape index (κ2) is 6.99. The monoisotopic (exact) mass is 373 g/mol. The van der Waals surface area contributed by atoms with Crippen molar-refractivity contribution in [3.63, 3.8) is 0 Å². The van der Waals surface area contributed by atoms with Gasteiger partial charge in [0, 0.05) is 10.8 Å². The van der Waals surface area contributed by atoms with Crippen LogP contribution in [-0.2, 0) is 20.9 Å². The fourth-order valence-corrected chi connectivity index (χ4v) is 4.32. The van der Waals surface area contributed by atoms with Crippen LogP contribution >= 0.6 is 11.8 Å². The summed E-state index contributed by atoms with van der Waals surface area (Å²) >= 11 is 1.30. The van der Waals surface area contributed by atoms with Crippen LogP contribution in [0.2, 0.25) is 0 Å². The number of fused-ring (bicyclic) bond motifs is 1. The van der Waals surface area contributed by atoms with Crippen LogP contribution in [0.25, 0.3) is 0 Å². The Bertz CT molecular complexity index is 904. The first-order valence-corrected chi connectivity index (χ1v) is 8.90. The molecule has 2 aromatic rings. The van der Waals surface area contributed by atoms with Gasteiger partial charge >= 0.3 is 11.9 Å². The van der Waals surface area contributed by atoms with Crippen molar-refractivity contribution in [3.05, 3.63) is 63.9 Å². The van der Waals surface area contributed by atoms with Crippen LogP contribution in [0.4, 0.5) is 0 Å². The van der Waals surface area contributed by atoms with Crippen LogP contribution in [0.15, 0.2) is 52.3 Å². The average Bonchev–Trinajstić information content (AvgIpc) is 2.91. The number of pyridine rings is 1. The maximum atomic E-state index is 12.6. The summed E-state index contributed by atoms with van der Waals surface area (Å²) in [4.78, 5) is 37.2. The number of carbonyl (C=O) groups excluding carboxylic acids is 2.